The lowest BCUT2D eigenvalue weighted by atomic mass is 10.1. The molecule has 0 aliphatic carbocycles. The van der Waals surface area contributed by atoms with Crippen LogP contribution in [0.5, 0.6) is 11.5 Å². The van der Waals surface area contributed by atoms with E-state index in [1.54, 1.807) is 19.9 Å². The Hall–Kier alpha value is -1.84. The zero-order valence-corrected chi connectivity index (χ0v) is 13.1. The van der Waals surface area contributed by atoms with Gasteiger partial charge in [-0.2, -0.15) is 0 Å². The molecule has 0 aromatic heterocycles. The van der Waals surface area contributed by atoms with Gasteiger partial charge in [-0.05, 0) is 24.5 Å². The van der Waals surface area contributed by atoms with E-state index in [1.165, 1.54) is 0 Å². The summed E-state index contributed by atoms with van der Waals surface area (Å²) in [5, 5.41) is 0. The molecule has 0 atom stereocenters. The van der Waals surface area contributed by atoms with Crippen molar-refractivity contribution in [1.29, 1.82) is 0 Å². The molecule has 0 heterocycles. The van der Waals surface area contributed by atoms with Gasteiger partial charge in [0.05, 0.1) is 0 Å². The Labute approximate surface area is 126 Å². The Morgan fingerprint density at radius 3 is 2.24 bits per heavy atom. The highest BCUT2D eigenvalue weighted by Gasteiger charge is 2.16. The maximum atomic E-state index is 11.6. The first kappa shape index (κ1) is 17.2. The second-order valence-electron chi connectivity index (χ2n) is 4.86. The van der Waals surface area contributed by atoms with Crippen LogP contribution < -0.4 is 9.47 Å². The molecule has 0 unspecified atom stereocenters. The molecule has 0 N–H and O–H groups in total. The average molecular weight is 292 g/mol. The first-order chi connectivity index (χ1) is 10.1. The molecular weight excluding hydrogens is 268 g/mol. The lowest BCUT2D eigenvalue weighted by Crippen LogP contribution is -2.12. The predicted molar refractivity (Wildman–Crippen MR) is 81.5 cm³/mol. The summed E-state index contributed by atoms with van der Waals surface area (Å²) in [7, 11) is 0. The first-order valence-corrected chi connectivity index (χ1v) is 7.65. The second kappa shape index (κ2) is 9.16. The zero-order valence-electron chi connectivity index (χ0n) is 13.1. The summed E-state index contributed by atoms with van der Waals surface area (Å²) in [5.74, 6) is 0.0566. The van der Waals surface area contributed by atoms with E-state index in [9.17, 15) is 9.59 Å². The van der Waals surface area contributed by atoms with Crippen LogP contribution in [-0.2, 0) is 16.0 Å². The minimum atomic E-state index is -0.338. The van der Waals surface area contributed by atoms with Crippen LogP contribution in [0.15, 0.2) is 18.2 Å². The van der Waals surface area contributed by atoms with Crippen LogP contribution in [0, 0.1) is 0 Å². The topological polar surface area (TPSA) is 52.6 Å². The van der Waals surface area contributed by atoms with Gasteiger partial charge in [0.15, 0.2) is 11.5 Å². The van der Waals surface area contributed by atoms with E-state index in [4.69, 9.17) is 9.47 Å². The number of aryl methyl sites for hydroxylation is 1. The van der Waals surface area contributed by atoms with Crippen molar-refractivity contribution in [2.24, 2.45) is 0 Å². The summed E-state index contributed by atoms with van der Waals surface area (Å²) >= 11 is 0. The first-order valence-electron chi connectivity index (χ1n) is 7.65. The number of hydrogen-bond acceptors (Lipinski definition) is 4. The highest BCUT2D eigenvalue weighted by atomic mass is 16.6. The van der Waals surface area contributed by atoms with Gasteiger partial charge in [-0.3, -0.25) is 9.59 Å². The monoisotopic (exact) mass is 292 g/mol. The number of hydrogen-bond donors (Lipinski definition) is 0. The SMILES string of the molecule is CCCCCc1cccc(OC(=O)CC)c1OC(=O)CC. The van der Waals surface area contributed by atoms with Gasteiger partial charge >= 0.3 is 11.9 Å². The highest BCUT2D eigenvalue weighted by molar-refractivity contribution is 5.76. The second-order valence-corrected chi connectivity index (χ2v) is 4.86. The van der Waals surface area contributed by atoms with E-state index in [2.05, 4.69) is 6.92 Å². The van der Waals surface area contributed by atoms with Gasteiger partial charge in [-0.15, -0.1) is 0 Å². The molecule has 0 amide bonds. The van der Waals surface area contributed by atoms with Gasteiger partial charge in [0.25, 0.3) is 0 Å². The number of unbranched alkanes of at least 4 members (excludes halogenated alkanes) is 2. The molecule has 0 aliphatic rings. The molecule has 4 nitrogen and oxygen atoms in total. The fourth-order valence-electron chi connectivity index (χ4n) is 1.90. The van der Waals surface area contributed by atoms with Crippen LogP contribution in [-0.4, -0.2) is 11.9 Å². The highest BCUT2D eigenvalue weighted by Crippen LogP contribution is 2.33. The third-order valence-electron chi connectivity index (χ3n) is 3.13. The van der Waals surface area contributed by atoms with Crippen molar-refractivity contribution >= 4 is 11.9 Å². The van der Waals surface area contributed by atoms with Gasteiger partial charge in [-0.25, -0.2) is 0 Å². The summed E-state index contributed by atoms with van der Waals surface area (Å²) in [4.78, 5) is 23.1. The Bertz CT molecular complexity index is 480. The van der Waals surface area contributed by atoms with E-state index in [0.29, 0.717) is 11.5 Å². The van der Waals surface area contributed by atoms with Crippen LogP contribution in [0.4, 0.5) is 0 Å². The summed E-state index contributed by atoms with van der Waals surface area (Å²) in [6, 6.07) is 5.40. The van der Waals surface area contributed by atoms with E-state index in [1.807, 2.05) is 12.1 Å². The van der Waals surface area contributed by atoms with Gasteiger partial charge in [-0.1, -0.05) is 45.7 Å². The molecule has 1 aromatic carbocycles. The molecule has 0 fully saturated rings. The lowest BCUT2D eigenvalue weighted by Gasteiger charge is -2.14. The zero-order chi connectivity index (χ0) is 15.7. The molecule has 1 aromatic rings. The Balaban J connectivity index is 3.01. The molecule has 4 heteroatoms. The van der Waals surface area contributed by atoms with Crippen molar-refractivity contribution in [3.8, 4) is 11.5 Å². The van der Waals surface area contributed by atoms with E-state index < -0.39 is 0 Å². The fraction of sp³-hybridized carbons (Fsp3) is 0.529. The molecular formula is C17H24O4. The molecule has 0 saturated carbocycles. The molecule has 1 rings (SSSR count). The van der Waals surface area contributed by atoms with Gasteiger partial charge < -0.3 is 9.47 Å². The van der Waals surface area contributed by atoms with Crippen molar-refractivity contribution in [2.75, 3.05) is 0 Å². The fourth-order valence-corrected chi connectivity index (χ4v) is 1.90. The number of rotatable bonds is 8. The van der Waals surface area contributed by atoms with Crippen LogP contribution in [0.3, 0.4) is 0 Å². The molecule has 0 radical (unpaired) electrons. The van der Waals surface area contributed by atoms with Crippen LogP contribution in [0.2, 0.25) is 0 Å². The van der Waals surface area contributed by atoms with Gasteiger partial charge in [0.1, 0.15) is 0 Å². The van der Waals surface area contributed by atoms with Crippen molar-refractivity contribution in [1.82, 2.24) is 0 Å². The summed E-state index contributed by atoms with van der Waals surface area (Å²) in [6.45, 7) is 5.60. The number of para-hydroxylation sites is 1. The number of esters is 2. The molecule has 0 aliphatic heterocycles. The number of carbonyl (C=O) groups is 2. The largest absolute Gasteiger partial charge is 0.423 e. The minimum Gasteiger partial charge on any atom is -0.423 e. The maximum Gasteiger partial charge on any atom is 0.311 e. The lowest BCUT2D eigenvalue weighted by molar-refractivity contribution is -0.136. The summed E-state index contributed by atoms with van der Waals surface area (Å²) in [5.41, 5.74) is 0.909. The smallest absolute Gasteiger partial charge is 0.311 e. The predicted octanol–water partition coefficient (Wildman–Crippen LogP) is 4.05. The maximum absolute atomic E-state index is 11.6. The normalized spacial score (nSPS) is 10.2. The van der Waals surface area contributed by atoms with Crippen molar-refractivity contribution in [3.05, 3.63) is 23.8 Å². The Kier molecular flexibility index (Phi) is 7.51. The van der Waals surface area contributed by atoms with Gasteiger partial charge in [0.2, 0.25) is 0 Å². The van der Waals surface area contributed by atoms with Crippen molar-refractivity contribution in [3.63, 3.8) is 0 Å². The van der Waals surface area contributed by atoms with Crippen molar-refractivity contribution < 1.29 is 19.1 Å². The number of ether oxygens (including phenoxy) is 2. The minimum absolute atomic E-state index is 0.279. The van der Waals surface area contributed by atoms with E-state index in [-0.39, 0.29) is 24.8 Å². The Morgan fingerprint density at radius 2 is 1.62 bits per heavy atom. The van der Waals surface area contributed by atoms with E-state index >= 15 is 0 Å². The number of carbonyl (C=O) groups excluding carboxylic acids is 2. The average Bonchev–Trinajstić information content (AvgIpc) is 2.49. The Morgan fingerprint density at radius 1 is 0.952 bits per heavy atom. The summed E-state index contributed by atoms with van der Waals surface area (Å²) < 4.78 is 10.7. The van der Waals surface area contributed by atoms with Crippen molar-refractivity contribution in [2.45, 2.75) is 59.3 Å². The molecule has 116 valence electrons. The summed E-state index contributed by atoms with van der Waals surface area (Å²) in [6.07, 6.45) is 4.61. The quantitative estimate of drug-likeness (QED) is 0.412. The van der Waals surface area contributed by atoms with Crippen LogP contribution in [0.25, 0.3) is 0 Å². The van der Waals surface area contributed by atoms with Crippen LogP contribution >= 0.6 is 0 Å². The molecule has 0 spiro atoms. The molecule has 0 bridgehead atoms. The number of benzene rings is 1. The van der Waals surface area contributed by atoms with Crippen LogP contribution in [0.1, 0.15) is 58.4 Å². The van der Waals surface area contributed by atoms with E-state index in [0.717, 1.165) is 31.2 Å². The molecule has 21 heavy (non-hydrogen) atoms. The third kappa shape index (κ3) is 5.58. The standard InChI is InChI=1S/C17H24O4/c1-4-7-8-10-13-11-9-12-14(20-15(18)5-2)17(13)21-16(19)6-3/h9,11-12H,4-8,10H2,1-3H3. The molecule has 0 saturated heterocycles. The van der Waals surface area contributed by atoms with Gasteiger partial charge in [0, 0.05) is 12.8 Å². The third-order valence-corrected chi connectivity index (χ3v) is 3.13.